The maximum atomic E-state index is 4.48. The lowest BCUT2D eigenvalue weighted by molar-refractivity contribution is 0.688. The van der Waals surface area contributed by atoms with E-state index in [0.29, 0.717) is 11.9 Å². The zero-order valence-electron chi connectivity index (χ0n) is 13.7. The number of pyridine rings is 1. The first-order valence-corrected chi connectivity index (χ1v) is 7.56. The van der Waals surface area contributed by atoms with E-state index < -0.39 is 0 Å². The van der Waals surface area contributed by atoms with Crippen LogP contribution in [0, 0.1) is 0 Å². The Balaban J connectivity index is 2.46. The van der Waals surface area contributed by atoms with E-state index >= 15 is 0 Å². The molecule has 2 aromatic heterocycles. The van der Waals surface area contributed by atoms with Crippen molar-refractivity contribution in [1.29, 1.82) is 0 Å². The minimum atomic E-state index is 0.349. The number of H-pyrrole nitrogens is 1. The minimum absolute atomic E-state index is 0.349. The lowest BCUT2D eigenvalue weighted by Crippen LogP contribution is -2.23. The fourth-order valence-electron chi connectivity index (χ4n) is 2.41. The van der Waals surface area contributed by atoms with Crippen molar-refractivity contribution < 1.29 is 0 Å². The van der Waals surface area contributed by atoms with Crippen LogP contribution >= 0.6 is 0 Å². The smallest absolute Gasteiger partial charge is 0.153 e. The summed E-state index contributed by atoms with van der Waals surface area (Å²) in [7, 11) is 1.73. The van der Waals surface area contributed by atoms with Crippen LogP contribution < -0.4 is 10.6 Å². The summed E-state index contributed by atoms with van der Waals surface area (Å²) in [4.78, 5) is 8.77. The molecule has 0 fully saturated rings. The highest BCUT2D eigenvalue weighted by atomic mass is 15.2. The SMILES string of the molecule is C=C(C)NC(=NC)c1n[nH]c2ccnc(NC(C)CCC)c12. The molecule has 2 heterocycles. The van der Waals surface area contributed by atoms with E-state index in [4.69, 9.17) is 0 Å². The van der Waals surface area contributed by atoms with Gasteiger partial charge in [-0.15, -0.1) is 0 Å². The van der Waals surface area contributed by atoms with Crippen LogP contribution in [-0.4, -0.2) is 34.1 Å². The highest BCUT2D eigenvalue weighted by Crippen LogP contribution is 2.24. The summed E-state index contributed by atoms with van der Waals surface area (Å²) >= 11 is 0. The fraction of sp³-hybridized carbons (Fsp3) is 0.438. The molecule has 2 rings (SSSR count). The Morgan fingerprint density at radius 1 is 1.50 bits per heavy atom. The van der Waals surface area contributed by atoms with Crippen LogP contribution in [0.15, 0.2) is 29.5 Å². The second kappa shape index (κ2) is 7.06. The molecule has 6 nitrogen and oxygen atoms in total. The summed E-state index contributed by atoms with van der Waals surface area (Å²) in [5, 5.41) is 15.0. The summed E-state index contributed by atoms with van der Waals surface area (Å²) in [6.07, 6.45) is 3.99. The molecule has 0 saturated heterocycles. The van der Waals surface area contributed by atoms with Gasteiger partial charge in [0.15, 0.2) is 5.84 Å². The third kappa shape index (κ3) is 3.44. The molecule has 118 valence electrons. The van der Waals surface area contributed by atoms with Gasteiger partial charge in [0.25, 0.3) is 0 Å². The van der Waals surface area contributed by atoms with Crippen molar-refractivity contribution in [3.05, 3.63) is 30.2 Å². The van der Waals surface area contributed by atoms with E-state index in [-0.39, 0.29) is 0 Å². The van der Waals surface area contributed by atoms with Gasteiger partial charge in [-0.05, 0) is 26.3 Å². The van der Waals surface area contributed by atoms with Crippen molar-refractivity contribution in [3.63, 3.8) is 0 Å². The molecule has 1 atom stereocenters. The molecule has 2 aromatic rings. The number of nitrogens with zero attached hydrogens (tertiary/aromatic N) is 3. The number of anilines is 1. The quantitative estimate of drug-likeness (QED) is 0.566. The maximum Gasteiger partial charge on any atom is 0.153 e. The number of hydrogen-bond acceptors (Lipinski definition) is 4. The second-order valence-electron chi connectivity index (χ2n) is 5.47. The molecule has 0 aliphatic rings. The Labute approximate surface area is 131 Å². The average molecular weight is 300 g/mol. The lowest BCUT2D eigenvalue weighted by atomic mass is 10.1. The van der Waals surface area contributed by atoms with Crippen LogP contribution in [0.25, 0.3) is 10.9 Å². The molecule has 22 heavy (non-hydrogen) atoms. The number of aromatic amines is 1. The van der Waals surface area contributed by atoms with Crippen molar-refractivity contribution in [2.75, 3.05) is 12.4 Å². The van der Waals surface area contributed by atoms with Gasteiger partial charge in [-0.25, -0.2) is 4.98 Å². The second-order valence-corrected chi connectivity index (χ2v) is 5.47. The molecule has 1 unspecified atom stereocenters. The highest BCUT2D eigenvalue weighted by Gasteiger charge is 2.17. The highest BCUT2D eigenvalue weighted by molar-refractivity contribution is 6.11. The third-order valence-electron chi connectivity index (χ3n) is 3.36. The first-order chi connectivity index (χ1) is 10.6. The number of allylic oxidation sites excluding steroid dienone is 1. The molecule has 6 heteroatoms. The first kappa shape index (κ1) is 16.0. The van der Waals surface area contributed by atoms with Crippen LogP contribution in [0.1, 0.15) is 39.3 Å². The number of hydrogen-bond donors (Lipinski definition) is 3. The molecule has 0 aromatic carbocycles. The normalized spacial score (nSPS) is 13.2. The number of amidine groups is 1. The average Bonchev–Trinajstić information content (AvgIpc) is 2.90. The lowest BCUT2D eigenvalue weighted by Gasteiger charge is -2.15. The Hall–Kier alpha value is -2.37. The molecule has 0 aliphatic heterocycles. The monoisotopic (exact) mass is 300 g/mol. The molecule has 0 aliphatic carbocycles. The van der Waals surface area contributed by atoms with Gasteiger partial charge >= 0.3 is 0 Å². The molecule has 0 spiro atoms. The zero-order chi connectivity index (χ0) is 16.1. The van der Waals surface area contributed by atoms with Crippen LogP contribution in [-0.2, 0) is 0 Å². The zero-order valence-corrected chi connectivity index (χ0v) is 13.7. The number of nitrogens with one attached hydrogen (secondary N) is 3. The third-order valence-corrected chi connectivity index (χ3v) is 3.36. The van der Waals surface area contributed by atoms with E-state index in [1.54, 1.807) is 13.2 Å². The summed E-state index contributed by atoms with van der Waals surface area (Å²) in [5.74, 6) is 1.50. The molecular weight excluding hydrogens is 276 g/mol. The number of fused-ring (bicyclic) bond motifs is 1. The van der Waals surface area contributed by atoms with Crippen LogP contribution in [0.2, 0.25) is 0 Å². The molecular formula is C16H24N6. The standard InChI is InChI=1S/C16H24N6/c1-6-7-11(4)20-15-13-12(8-9-18-15)21-22-14(13)16(17-5)19-10(2)3/h8-9,11H,2,6-7H2,1,3-5H3,(H,17,19)(H,18,20)(H,21,22). The van der Waals surface area contributed by atoms with Crippen LogP contribution in [0.5, 0.6) is 0 Å². The predicted molar refractivity (Wildman–Crippen MR) is 92.3 cm³/mol. The molecule has 0 radical (unpaired) electrons. The minimum Gasteiger partial charge on any atom is -0.367 e. The number of aliphatic imine (C=N–C) groups is 1. The molecule has 3 N–H and O–H groups in total. The van der Waals surface area contributed by atoms with Crippen LogP contribution in [0.4, 0.5) is 5.82 Å². The van der Waals surface area contributed by atoms with Crippen molar-refractivity contribution in [3.8, 4) is 0 Å². The summed E-state index contributed by atoms with van der Waals surface area (Å²) in [6.45, 7) is 10.1. The van der Waals surface area contributed by atoms with Crippen LogP contribution in [0.3, 0.4) is 0 Å². The number of aromatic nitrogens is 3. The molecule has 0 bridgehead atoms. The van der Waals surface area contributed by atoms with Crippen molar-refractivity contribution in [1.82, 2.24) is 20.5 Å². The predicted octanol–water partition coefficient (Wildman–Crippen LogP) is 3.06. The van der Waals surface area contributed by atoms with E-state index in [2.05, 4.69) is 51.2 Å². The summed E-state index contributed by atoms with van der Waals surface area (Å²) in [6, 6.07) is 2.26. The first-order valence-electron chi connectivity index (χ1n) is 7.56. The van der Waals surface area contributed by atoms with E-state index in [9.17, 15) is 0 Å². The largest absolute Gasteiger partial charge is 0.367 e. The van der Waals surface area contributed by atoms with Gasteiger partial charge in [0.05, 0.1) is 10.9 Å². The Bertz CT molecular complexity index is 685. The van der Waals surface area contributed by atoms with Gasteiger partial charge in [0.2, 0.25) is 0 Å². The van der Waals surface area contributed by atoms with Gasteiger partial charge in [-0.2, -0.15) is 5.10 Å². The van der Waals surface area contributed by atoms with Gasteiger partial charge in [0, 0.05) is 25.0 Å². The van der Waals surface area contributed by atoms with Gasteiger partial charge < -0.3 is 10.6 Å². The maximum absolute atomic E-state index is 4.48. The van der Waals surface area contributed by atoms with Crippen molar-refractivity contribution in [2.24, 2.45) is 4.99 Å². The van der Waals surface area contributed by atoms with Gasteiger partial charge in [0.1, 0.15) is 11.5 Å². The fourth-order valence-corrected chi connectivity index (χ4v) is 2.41. The van der Waals surface area contributed by atoms with Gasteiger partial charge in [-0.1, -0.05) is 19.9 Å². The topological polar surface area (TPSA) is 78.0 Å². The Morgan fingerprint density at radius 3 is 2.91 bits per heavy atom. The van der Waals surface area contributed by atoms with Crippen molar-refractivity contribution in [2.45, 2.75) is 39.7 Å². The number of rotatable bonds is 6. The van der Waals surface area contributed by atoms with Gasteiger partial charge in [-0.3, -0.25) is 10.1 Å². The summed E-state index contributed by atoms with van der Waals surface area (Å²) < 4.78 is 0. The summed E-state index contributed by atoms with van der Waals surface area (Å²) in [5.41, 5.74) is 2.50. The Kier molecular flexibility index (Phi) is 5.14. The van der Waals surface area contributed by atoms with E-state index in [1.165, 1.54) is 0 Å². The molecule has 0 saturated carbocycles. The van der Waals surface area contributed by atoms with Crippen molar-refractivity contribution >= 4 is 22.6 Å². The molecule has 0 amide bonds. The Morgan fingerprint density at radius 2 is 2.27 bits per heavy atom. The van der Waals surface area contributed by atoms with E-state index in [1.807, 2.05) is 13.0 Å². The van der Waals surface area contributed by atoms with E-state index in [0.717, 1.165) is 41.0 Å².